The zero-order valence-electron chi connectivity index (χ0n) is 11.5. The van der Waals surface area contributed by atoms with E-state index < -0.39 is 0 Å². The van der Waals surface area contributed by atoms with Gasteiger partial charge in [0.25, 0.3) is 0 Å². The number of allylic oxidation sites excluding steroid dienone is 1. The van der Waals surface area contributed by atoms with E-state index in [1.165, 1.54) is 6.08 Å². The van der Waals surface area contributed by atoms with E-state index in [0.717, 1.165) is 11.1 Å². The number of hydrogen-bond donors (Lipinski definition) is 1. The Kier molecular flexibility index (Phi) is 4.20. The fourth-order valence-corrected chi connectivity index (χ4v) is 1.90. The molecule has 2 rings (SSSR count). The summed E-state index contributed by atoms with van der Waals surface area (Å²) in [6.45, 7) is 1.93. The van der Waals surface area contributed by atoms with E-state index >= 15 is 0 Å². The van der Waals surface area contributed by atoms with Gasteiger partial charge >= 0.3 is 0 Å². The number of carbonyl (C=O) groups excluding carboxylic acids is 1. The summed E-state index contributed by atoms with van der Waals surface area (Å²) in [6, 6.07) is 12.2. The van der Waals surface area contributed by atoms with E-state index in [1.54, 1.807) is 43.5 Å². The molecule has 0 spiro atoms. The zero-order valence-corrected chi connectivity index (χ0v) is 11.5. The van der Waals surface area contributed by atoms with Crippen LogP contribution in [0.2, 0.25) is 0 Å². The minimum absolute atomic E-state index is 0.131. The first kappa shape index (κ1) is 13.9. The van der Waals surface area contributed by atoms with Crippen LogP contribution in [-0.4, -0.2) is 18.0 Å². The number of methoxy groups -OCH3 is 1. The molecular weight excluding hydrogens is 252 g/mol. The van der Waals surface area contributed by atoms with Crippen LogP contribution < -0.4 is 4.74 Å². The van der Waals surface area contributed by atoms with Crippen molar-refractivity contribution in [2.24, 2.45) is 0 Å². The first-order valence-corrected chi connectivity index (χ1v) is 6.26. The molecule has 0 unspecified atom stereocenters. The lowest BCUT2D eigenvalue weighted by Crippen LogP contribution is -1.99. The van der Waals surface area contributed by atoms with Crippen LogP contribution in [0.4, 0.5) is 0 Å². The van der Waals surface area contributed by atoms with E-state index in [-0.39, 0.29) is 11.5 Å². The van der Waals surface area contributed by atoms with Gasteiger partial charge in [0.05, 0.1) is 12.7 Å². The number of aryl methyl sites for hydroxylation is 1. The lowest BCUT2D eigenvalue weighted by molar-refractivity contribution is 0.104. The minimum Gasteiger partial charge on any atom is -0.508 e. The SMILES string of the molecule is COc1ccc(C)cc1C(=O)/C=C/c1cccc(O)c1. The number of benzene rings is 2. The summed E-state index contributed by atoms with van der Waals surface area (Å²) in [5, 5.41) is 9.38. The number of carbonyl (C=O) groups is 1. The highest BCUT2D eigenvalue weighted by atomic mass is 16.5. The molecule has 0 aromatic heterocycles. The van der Waals surface area contributed by atoms with Gasteiger partial charge < -0.3 is 9.84 Å². The van der Waals surface area contributed by atoms with Crippen LogP contribution >= 0.6 is 0 Å². The van der Waals surface area contributed by atoms with Gasteiger partial charge in [-0.15, -0.1) is 0 Å². The van der Waals surface area contributed by atoms with Gasteiger partial charge in [0.2, 0.25) is 0 Å². The van der Waals surface area contributed by atoms with Crippen LogP contribution in [-0.2, 0) is 0 Å². The maximum atomic E-state index is 12.2. The van der Waals surface area contributed by atoms with Gasteiger partial charge in [0.15, 0.2) is 5.78 Å². The van der Waals surface area contributed by atoms with Crippen LogP contribution in [0.3, 0.4) is 0 Å². The standard InChI is InChI=1S/C17H16O3/c1-12-6-9-17(20-2)15(10-12)16(19)8-7-13-4-3-5-14(18)11-13/h3-11,18H,1-2H3/b8-7+. The van der Waals surface area contributed by atoms with E-state index in [9.17, 15) is 9.90 Å². The first-order chi connectivity index (χ1) is 9.60. The van der Waals surface area contributed by atoms with Crippen molar-refractivity contribution in [3.05, 3.63) is 65.2 Å². The number of aromatic hydroxyl groups is 1. The average molecular weight is 268 g/mol. The molecule has 1 N–H and O–H groups in total. The van der Waals surface area contributed by atoms with Gasteiger partial charge in [-0.1, -0.05) is 29.8 Å². The Morgan fingerprint density at radius 3 is 2.70 bits per heavy atom. The largest absolute Gasteiger partial charge is 0.508 e. The molecular formula is C17H16O3. The highest BCUT2D eigenvalue weighted by Gasteiger charge is 2.09. The van der Waals surface area contributed by atoms with Gasteiger partial charge in [0, 0.05) is 0 Å². The number of ketones is 1. The summed E-state index contributed by atoms with van der Waals surface area (Å²) in [4.78, 5) is 12.2. The highest BCUT2D eigenvalue weighted by Crippen LogP contribution is 2.21. The molecule has 2 aromatic carbocycles. The predicted molar refractivity (Wildman–Crippen MR) is 79.2 cm³/mol. The summed E-state index contributed by atoms with van der Waals surface area (Å²) < 4.78 is 5.20. The molecule has 0 atom stereocenters. The third-order valence-corrected chi connectivity index (χ3v) is 2.92. The topological polar surface area (TPSA) is 46.5 Å². The molecule has 3 heteroatoms. The predicted octanol–water partition coefficient (Wildman–Crippen LogP) is 3.61. The number of phenols is 1. The average Bonchev–Trinajstić information content (AvgIpc) is 2.45. The van der Waals surface area contributed by atoms with Crippen LogP contribution in [0.1, 0.15) is 21.5 Å². The monoisotopic (exact) mass is 268 g/mol. The molecule has 0 fully saturated rings. The van der Waals surface area contributed by atoms with E-state index in [1.807, 2.05) is 19.1 Å². The third kappa shape index (κ3) is 3.26. The van der Waals surface area contributed by atoms with Gasteiger partial charge in [-0.3, -0.25) is 4.79 Å². The van der Waals surface area contributed by atoms with Crippen molar-refractivity contribution in [2.75, 3.05) is 7.11 Å². The van der Waals surface area contributed by atoms with Crippen molar-refractivity contribution < 1.29 is 14.6 Å². The van der Waals surface area contributed by atoms with Crippen LogP contribution in [0.25, 0.3) is 6.08 Å². The molecule has 20 heavy (non-hydrogen) atoms. The molecule has 2 aromatic rings. The molecule has 0 aliphatic rings. The summed E-state index contributed by atoms with van der Waals surface area (Å²) in [7, 11) is 1.54. The van der Waals surface area contributed by atoms with Crippen molar-refractivity contribution in [1.29, 1.82) is 0 Å². The molecule has 0 radical (unpaired) electrons. The normalized spacial score (nSPS) is 10.7. The Labute approximate surface area is 118 Å². The van der Waals surface area contributed by atoms with Crippen LogP contribution in [0, 0.1) is 6.92 Å². The maximum absolute atomic E-state index is 12.2. The maximum Gasteiger partial charge on any atom is 0.189 e. The zero-order chi connectivity index (χ0) is 14.5. The summed E-state index contributed by atoms with van der Waals surface area (Å²) in [6.07, 6.45) is 3.15. The van der Waals surface area contributed by atoms with Crippen molar-refractivity contribution in [2.45, 2.75) is 6.92 Å². The fourth-order valence-electron chi connectivity index (χ4n) is 1.90. The Balaban J connectivity index is 2.26. The van der Waals surface area contributed by atoms with Gasteiger partial charge in [-0.05, 0) is 42.8 Å². The Morgan fingerprint density at radius 1 is 1.20 bits per heavy atom. The summed E-state index contributed by atoms with van der Waals surface area (Å²) >= 11 is 0. The fraction of sp³-hybridized carbons (Fsp3) is 0.118. The van der Waals surface area contributed by atoms with E-state index in [4.69, 9.17) is 4.74 Å². The minimum atomic E-state index is -0.131. The Hall–Kier alpha value is -2.55. The number of rotatable bonds is 4. The van der Waals surface area contributed by atoms with Gasteiger partial charge in [-0.2, -0.15) is 0 Å². The van der Waals surface area contributed by atoms with Gasteiger partial charge in [-0.25, -0.2) is 0 Å². The number of phenolic OH excluding ortho intramolecular Hbond substituents is 1. The second kappa shape index (κ2) is 6.06. The van der Waals surface area contributed by atoms with Gasteiger partial charge in [0.1, 0.15) is 11.5 Å². The smallest absolute Gasteiger partial charge is 0.189 e. The second-order valence-electron chi connectivity index (χ2n) is 4.50. The molecule has 0 saturated heterocycles. The lowest BCUT2D eigenvalue weighted by Gasteiger charge is -2.06. The lowest BCUT2D eigenvalue weighted by atomic mass is 10.1. The van der Waals surface area contributed by atoms with E-state index in [0.29, 0.717) is 11.3 Å². The molecule has 0 saturated carbocycles. The van der Waals surface area contributed by atoms with Crippen LogP contribution in [0.5, 0.6) is 11.5 Å². The summed E-state index contributed by atoms with van der Waals surface area (Å²) in [5.41, 5.74) is 2.30. The van der Waals surface area contributed by atoms with Crippen LogP contribution in [0.15, 0.2) is 48.5 Å². The molecule has 0 aliphatic carbocycles. The van der Waals surface area contributed by atoms with Crippen molar-refractivity contribution in [1.82, 2.24) is 0 Å². The van der Waals surface area contributed by atoms with Crippen molar-refractivity contribution in [3.8, 4) is 11.5 Å². The number of hydrogen-bond acceptors (Lipinski definition) is 3. The second-order valence-corrected chi connectivity index (χ2v) is 4.50. The first-order valence-electron chi connectivity index (χ1n) is 6.26. The molecule has 0 heterocycles. The summed E-state index contributed by atoms with van der Waals surface area (Å²) in [5.74, 6) is 0.600. The molecule has 0 bridgehead atoms. The highest BCUT2D eigenvalue weighted by molar-refractivity contribution is 6.08. The molecule has 0 amide bonds. The Bertz CT molecular complexity index is 657. The number of ether oxygens (including phenoxy) is 1. The van der Waals surface area contributed by atoms with Crippen molar-refractivity contribution in [3.63, 3.8) is 0 Å². The molecule has 102 valence electrons. The molecule has 3 nitrogen and oxygen atoms in total. The van der Waals surface area contributed by atoms with Crippen molar-refractivity contribution >= 4 is 11.9 Å². The quantitative estimate of drug-likeness (QED) is 0.680. The third-order valence-electron chi connectivity index (χ3n) is 2.92. The molecule has 0 aliphatic heterocycles. The Morgan fingerprint density at radius 2 is 2.00 bits per heavy atom. The van der Waals surface area contributed by atoms with E-state index in [2.05, 4.69) is 0 Å².